The maximum Gasteiger partial charge on any atom is 0.416 e. The second kappa shape index (κ2) is 4.51. The van der Waals surface area contributed by atoms with E-state index in [0.29, 0.717) is 5.58 Å². The third-order valence-electron chi connectivity index (χ3n) is 3.10. The van der Waals surface area contributed by atoms with Crippen LogP contribution in [-0.4, -0.2) is 4.98 Å². The lowest BCUT2D eigenvalue weighted by Gasteiger charge is -2.08. The number of benzene rings is 1. The molecule has 2 aromatic heterocycles. The molecule has 3 rings (SSSR count). The number of aryl methyl sites for hydroxylation is 1. The lowest BCUT2D eigenvalue weighted by molar-refractivity contribution is -0.137. The number of aromatic nitrogens is 1. The van der Waals surface area contributed by atoms with E-state index >= 15 is 0 Å². The summed E-state index contributed by atoms with van der Waals surface area (Å²) in [5.41, 5.74) is 6.30. The molecule has 0 fully saturated rings. The summed E-state index contributed by atoms with van der Waals surface area (Å²) in [6.45, 7) is 1.92. The molecule has 0 saturated heterocycles. The van der Waals surface area contributed by atoms with Gasteiger partial charge in [0.15, 0.2) is 5.76 Å². The van der Waals surface area contributed by atoms with Crippen LogP contribution in [-0.2, 0) is 6.18 Å². The first kappa shape index (κ1) is 13.5. The van der Waals surface area contributed by atoms with Crippen molar-refractivity contribution in [3.63, 3.8) is 0 Å². The first-order valence-electron chi connectivity index (χ1n) is 6.18. The van der Waals surface area contributed by atoms with E-state index in [2.05, 4.69) is 4.98 Å². The van der Waals surface area contributed by atoms with Gasteiger partial charge in [0.2, 0.25) is 0 Å². The highest BCUT2D eigenvalue weighted by atomic mass is 19.4. The molecule has 2 heterocycles. The largest absolute Gasteiger partial charge is 0.454 e. The van der Waals surface area contributed by atoms with E-state index in [1.54, 1.807) is 12.1 Å². The minimum Gasteiger partial charge on any atom is -0.454 e. The second-order valence-electron chi connectivity index (χ2n) is 4.82. The summed E-state index contributed by atoms with van der Waals surface area (Å²) in [4.78, 5) is 3.92. The molecule has 21 heavy (non-hydrogen) atoms. The number of halogens is 3. The van der Waals surface area contributed by atoms with E-state index in [4.69, 9.17) is 10.2 Å². The van der Waals surface area contributed by atoms with Crippen LogP contribution in [0.15, 0.2) is 40.8 Å². The average Bonchev–Trinajstić information content (AvgIpc) is 2.80. The van der Waals surface area contributed by atoms with Gasteiger partial charge in [0, 0.05) is 5.39 Å². The molecule has 2 N–H and O–H groups in total. The van der Waals surface area contributed by atoms with Crippen molar-refractivity contribution in [2.24, 2.45) is 0 Å². The fourth-order valence-corrected chi connectivity index (χ4v) is 2.13. The van der Waals surface area contributed by atoms with E-state index in [-0.39, 0.29) is 17.3 Å². The van der Waals surface area contributed by atoms with Crippen LogP contribution in [0.3, 0.4) is 0 Å². The van der Waals surface area contributed by atoms with Gasteiger partial charge in [-0.25, -0.2) is 4.98 Å². The number of furan rings is 1. The Morgan fingerprint density at radius 1 is 1.10 bits per heavy atom. The van der Waals surface area contributed by atoms with Gasteiger partial charge in [0.1, 0.15) is 17.1 Å². The number of nitrogen functional groups attached to an aromatic ring is 1. The topological polar surface area (TPSA) is 52.0 Å². The van der Waals surface area contributed by atoms with Gasteiger partial charge in [0.25, 0.3) is 0 Å². The maximum absolute atomic E-state index is 12.8. The zero-order valence-electron chi connectivity index (χ0n) is 11.0. The van der Waals surface area contributed by atoms with Crippen LogP contribution >= 0.6 is 0 Å². The third kappa shape index (κ3) is 2.56. The van der Waals surface area contributed by atoms with Crippen LogP contribution in [0.1, 0.15) is 11.1 Å². The molecular formula is C15H11F3N2O. The molecule has 0 atom stereocenters. The number of hydrogen-bond donors (Lipinski definition) is 1. The van der Waals surface area contributed by atoms with Crippen molar-refractivity contribution < 1.29 is 17.6 Å². The number of nitrogens with two attached hydrogens (primary N) is 1. The molecule has 0 radical (unpaired) electrons. The van der Waals surface area contributed by atoms with Crippen molar-refractivity contribution in [3.05, 3.63) is 47.5 Å². The lowest BCUT2D eigenvalue weighted by atomic mass is 10.1. The number of pyridine rings is 1. The summed E-state index contributed by atoms with van der Waals surface area (Å²) in [6.07, 6.45) is -4.48. The number of hydrogen-bond acceptors (Lipinski definition) is 3. The summed E-state index contributed by atoms with van der Waals surface area (Å²) >= 11 is 0. The average molecular weight is 292 g/mol. The molecule has 3 aromatic rings. The van der Waals surface area contributed by atoms with E-state index in [0.717, 1.165) is 23.1 Å². The highest BCUT2D eigenvalue weighted by molar-refractivity contribution is 5.83. The summed E-state index contributed by atoms with van der Waals surface area (Å²) < 4.78 is 44.0. The summed E-state index contributed by atoms with van der Waals surface area (Å²) in [6, 6.07) is 8.91. The van der Waals surface area contributed by atoms with Crippen molar-refractivity contribution in [1.82, 2.24) is 4.98 Å². The number of fused-ring (bicyclic) bond motifs is 1. The molecule has 1 aromatic carbocycles. The van der Waals surface area contributed by atoms with Crippen LogP contribution < -0.4 is 5.73 Å². The summed E-state index contributed by atoms with van der Waals surface area (Å²) in [5, 5.41) is 0.808. The first-order valence-corrected chi connectivity index (χ1v) is 6.18. The highest BCUT2D eigenvalue weighted by Gasteiger charge is 2.31. The van der Waals surface area contributed by atoms with Crippen molar-refractivity contribution in [1.29, 1.82) is 0 Å². The van der Waals surface area contributed by atoms with Crippen LogP contribution in [0.4, 0.5) is 19.0 Å². The Hall–Kier alpha value is -2.50. The molecule has 0 amide bonds. The van der Waals surface area contributed by atoms with Crippen molar-refractivity contribution >= 4 is 16.8 Å². The Balaban J connectivity index is 2.16. The maximum atomic E-state index is 12.8. The number of rotatable bonds is 1. The minimum absolute atomic E-state index is 0.0659. The van der Waals surface area contributed by atoms with Crippen LogP contribution in [0, 0.1) is 6.92 Å². The molecule has 0 aliphatic carbocycles. The molecular weight excluding hydrogens is 281 g/mol. The normalized spacial score (nSPS) is 12.0. The van der Waals surface area contributed by atoms with Crippen molar-refractivity contribution in [2.75, 3.05) is 5.73 Å². The molecule has 6 heteroatoms. The van der Waals surface area contributed by atoms with Gasteiger partial charge in [-0.05, 0) is 37.3 Å². The molecule has 0 bridgehead atoms. The first-order chi connectivity index (χ1) is 9.83. The fourth-order valence-electron chi connectivity index (χ4n) is 2.13. The fraction of sp³-hybridized carbons (Fsp3) is 0.133. The van der Waals surface area contributed by atoms with Crippen LogP contribution in [0.5, 0.6) is 0 Å². The van der Waals surface area contributed by atoms with Crippen molar-refractivity contribution in [3.8, 4) is 11.5 Å². The Labute approximate surface area is 118 Å². The van der Waals surface area contributed by atoms with E-state index in [1.165, 1.54) is 0 Å². The third-order valence-corrected chi connectivity index (χ3v) is 3.10. The summed E-state index contributed by atoms with van der Waals surface area (Å²) in [5.74, 6) is 0.0601. The van der Waals surface area contributed by atoms with Gasteiger partial charge in [-0.3, -0.25) is 0 Å². The number of alkyl halides is 3. The van der Waals surface area contributed by atoms with Crippen LogP contribution in [0.25, 0.3) is 22.4 Å². The molecule has 108 valence electrons. The Morgan fingerprint density at radius 2 is 1.86 bits per heavy atom. The Bertz CT molecular complexity index is 821. The minimum atomic E-state index is -4.48. The predicted octanol–water partition coefficient (Wildman–Crippen LogP) is 4.40. The van der Waals surface area contributed by atoms with Gasteiger partial charge < -0.3 is 10.2 Å². The van der Waals surface area contributed by atoms with Gasteiger partial charge in [0.05, 0.1) is 5.56 Å². The molecule has 0 saturated carbocycles. The monoisotopic (exact) mass is 292 g/mol. The zero-order chi connectivity index (χ0) is 15.2. The van der Waals surface area contributed by atoms with E-state index in [1.807, 2.05) is 19.1 Å². The SMILES string of the molecule is Cc1ccc2oc(-c3cc(C(F)(F)F)cc(N)n3)cc2c1. The zero-order valence-corrected chi connectivity index (χ0v) is 11.0. The molecule has 0 aliphatic heterocycles. The Kier molecular flexibility index (Phi) is 2.90. The Morgan fingerprint density at radius 3 is 2.57 bits per heavy atom. The van der Waals surface area contributed by atoms with Crippen LogP contribution in [0.2, 0.25) is 0 Å². The number of anilines is 1. The molecule has 0 aliphatic rings. The standard InChI is InChI=1S/C15H11F3N2O/c1-8-2-3-12-9(4-8)5-13(21-12)11-6-10(15(16,17)18)7-14(19)20-11/h2-7H,1H3,(H2,19,20). The van der Waals surface area contributed by atoms with Crippen molar-refractivity contribution in [2.45, 2.75) is 13.1 Å². The summed E-state index contributed by atoms with van der Waals surface area (Å²) in [7, 11) is 0. The van der Waals surface area contributed by atoms with E-state index < -0.39 is 11.7 Å². The van der Waals surface area contributed by atoms with Gasteiger partial charge in [-0.2, -0.15) is 13.2 Å². The highest BCUT2D eigenvalue weighted by Crippen LogP contribution is 2.34. The van der Waals surface area contributed by atoms with Gasteiger partial charge >= 0.3 is 6.18 Å². The lowest BCUT2D eigenvalue weighted by Crippen LogP contribution is -2.07. The van der Waals surface area contributed by atoms with Gasteiger partial charge in [-0.15, -0.1) is 0 Å². The molecule has 0 unspecified atom stereocenters. The number of nitrogens with zero attached hydrogens (tertiary/aromatic N) is 1. The predicted molar refractivity (Wildman–Crippen MR) is 73.6 cm³/mol. The quantitative estimate of drug-likeness (QED) is 0.723. The second-order valence-corrected chi connectivity index (χ2v) is 4.82. The van der Waals surface area contributed by atoms with E-state index in [9.17, 15) is 13.2 Å². The molecule has 3 nitrogen and oxygen atoms in total. The smallest absolute Gasteiger partial charge is 0.416 e. The van der Waals surface area contributed by atoms with Gasteiger partial charge in [-0.1, -0.05) is 11.6 Å². The molecule has 0 spiro atoms.